The second kappa shape index (κ2) is 7.17. The van der Waals surface area contributed by atoms with Gasteiger partial charge in [0.05, 0.1) is 0 Å². The molecule has 1 saturated carbocycles. The van der Waals surface area contributed by atoms with Crippen molar-refractivity contribution in [1.82, 2.24) is 4.90 Å². The van der Waals surface area contributed by atoms with Crippen molar-refractivity contribution in [2.75, 3.05) is 18.4 Å². The average molecular weight is 296 g/mol. The Morgan fingerprint density at radius 3 is 2.41 bits per heavy atom. The van der Waals surface area contributed by atoms with Crippen LogP contribution in [0.3, 0.4) is 0 Å². The van der Waals surface area contributed by atoms with E-state index in [2.05, 4.69) is 51.2 Å². The third-order valence-electron chi connectivity index (χ3n) is 3.74. The van der Waals surface area contributed by atoms with Gasteiger partial charge < -0.3 is 0 Å². The van der Waals surface area contributed by atoms with Crippen LogP contribution in [0.15, 0.2) is 30.3 Å². The Morgan fingerprint density at radius 1 is 1.06 bits per heavy atom. The molecule has 1 fully saturated rings. The molecule has 1 aromatic rings. The summed E-state index contributed by atoms with van der Waals surface area (Å²) in [6, 6.07) is 11.7. The summed E-state index contributed by atoms with van der Waals surface area (Å²) in [4.78, 5) is 2.68. The maximum Gasteiger partial charge on any atom is 0.0159 e. The van der Waals surface area contributed by atoms with E-state index in [-0.39, 0.29) is 0 Å². The van der Waals surface area contributed by atoms with Gasteiger partial charge in [0.1, 0.15) is 0 Å². The highest BCUT2D eigenvalue weighted by molar-refractivity contribution is 9.09. The predicted octanol–water partition coefficient (Wildman–Crippen LogP) is 3.87. The largest absolute Gasteiger partial charge is 0.299 e. The summed E-state index contributed by atoms with van der Waals surface area (Å²) in [5.41, 5.74) is 1.46. The van der Waals surface area contributed by atoms with Crippen LogP contribution in [0.2, 0.25) is 0 Å². The third kappa shape index (κ3) is 4.11. The van der Waals surface area contributed by atoms with Gasteiger partial charge in [0.2, 0.25) is 0 Å². The van der Waals surface area contributed by atoms with Crippen LogP contribution in [0.25, 0.3) is 0 Å². The van der Waals surface area contributed by atoms with Crippen LogP contribution >= 0.6 is 15.9 Å². The van der Waals surface area contributed by atoms with Crippen molar-refractivity contribution in [3.05, 3.63) is 35.9 Å². The molecule has 1 aromatic carbocycles. The van der Waals surface area contributed by atoms with Crippen LogP contribution in [0.1, 0.15) is 31.2 Å². The first-order chi connectivity index (χ1) is 8.40. The number of benzene rings is 1. The van der Waals surface area contributed by atoms with Gasteiger partial charge in [0, 0.05) is 24.5 Å². The molecule has 1 aliphatic carbocycles. The molecule has 0 saturated heterocycles. The first-order valence-electron chi connectivity index (χ1n) is 6.74. The van der Waals surface area contributed by atoms with Crippen molar-refractivity contribution >= 4 is 15.9 Å². The smallest absolute Gasteiger partial charge is 0.0159 e. The van der Waals surface area contributed by atoms with E-state index < -0.39 is 0 Å². The molecule has 0 atom stereocenters. The van der Waals surface area contributed by atoms with Gasteiger partial charge in [-0.15, -0.1) is 0 Å². The molecular weight excluding hydrogens is 274 g/mol. The van der Waals surface area contributed by atoms with Gasteiger partial charge in [-0.1, -0.05) is 59.1 Å². The molecule has 0 N–H and O–H groups in total. The van der Waals surface area contributed by atoms with Gasteiger partial charge in [-0.2, -0.15) is 0 Å². The summed E-state index contributed by atoms with van der Waals surface area (Å²) >= 11 is 3.58. The summed E-state index contributed by atoms with van der Waals surface area (Å²) in [6.45, 7) is 2.40. The van der Waals surface area contributed by atoms with E-state index in [1.54, 1.807) is 0 Å². The fraction of sp³-hybridized carbons (Fsp3) is 0.600. The molecular formula is C15H22BrN. The molecule has 1 aliphatic rings. The molecule has 17 heavy (non-hydrogen) atoms. The zero-order valence-electron chi connectivity index (χ0n) is 10.4. The molecule has 94 valence electrons. The normalized spacial score (nSPS) is 16.8. The molecule has 0 unspecified atom stereocenters. The Labute approximate surface area is 113 Å². The van der Waals surface area contributed by atoms with Crippen molar-refractivity contribution in [2.45, 2.75) is 38.1 Å². The van der Waals surface area contributed by atoms with E-state index in [9.17, 15) is 0 Å². The van der Waals surface area contributed by atoms with Gasteiger partial charge in [-0.25, -0.2) is 0 Å². The first kappa shape index (κ1) is 13.1. The van der Waals surface area contributed by atoms with E-state index in [1.807, 2.05) is 0 Å². The van der Waals surface area contributed by atoms with Crippen LogP contribution in [0.4, 0.5) is 0 Å². The number of halogens is 1. The molecule has 0 bridgehead atoms. The summed E-state index contributed by atoms with van der Waals surface area (Å²) in [6.07, 6.45) is 6.84. The molecule has 0 amide bonds. The Kier molecular flexibility index (Phi) is 5.53. The van der Waals surface area contributed by atoms with Crippen molar-refractivity contribution in [3.63, 3.8) is 0 Å². The van der Waals surface area contributed by atoms with Gasteiger partial charge in [-0.05, 0) is 24.8 Å². The SMILES string of the molecule is BrCCN(CCc1ccccc1)C1CCCC1. The van der Waals surface area contributed by atoms with Crippen LogP contribution in [0.5, 0.6) is 0 Å². The Morgan fingerprint density at radius 2 is 1.76 bits per heavy atom. The second-order valence-corrected chi connectivity index (χ2v) is 5.69. The zero-order chi connectivity index (χ0) is 11.9. The van der Waals surface area contributed by atoms with E-state index in [1.165, 1.54) is 50.8 Å². The monoisotopic (exact) mass is 295 g/mol. The maximum absolute atomic E-state index is 3.58. The van der Waals surface area contributed by atoms with Gasteiger partial charge >= 0.3 is 0 Å². The van der Waals surface area contributed by atoms with Crippen molar-refractivity contribution in [2.24, 2.45) is 0 Å². The highest BCUT2D eigenvalue weighted by atomic mass is 79.9. The topological polar surface area (TPSA) is 3.24 Å². The minimum absolute atomic E-state index is 0.844. The minimum atomic E-state index is 0.844. The van der Waals surface area contributed by atoms with Crippen molar-refractivity contribution < 1.29 is 0 Å². The first-order valence-corrected chi connectivity index (χ1v) is 7.86. The number of rotatable bonds is 6. The average Bonchev–Trinajstić information content (AvgIpc) is 2.89. The molecule has 1 nitrogen and oxygen atoms in total. The van der Waals surface area contributed by atoms with Crippen molar-refractivity contribution in [1.29, 1.82) is 0 Å². The summed E-state index contributed by atoms with van der Waals surface area (Å²) in [5.74, 6) is 0. The summed E-state index contributed by atoms with van der Waals surface area (Å²) in [5, 5.41) is 1.10. The van der Waals surface area contributed by atoms with E-state index in [0.717, 1.165) is 11.4 Å². The van der Waals surface area contributed by atoms with Crippen molar-refractivity contribution in [3.8, 4) is 0 Å². The molecule has 2 heteroatoms. The van der Waals surface area contributed by atoms with E-state index in [0.29, 0.717) is 0 Å². The predicted molar refractivity (Wildman–Crippen MR) is 77.8 cm³/mol. The minimum Gasteiger partial charge on any atom is -0.299 e. The molecule has 0 heterocycles. The summed E-state index contributed by atoms with van der Waals surface area (Å²) in [7, 11) is 0. The number of nitrogens with zero attached hydrogens (tertiary/aromatic N) is 1. The number of alkyl halides is 1. The Bertz CT molecular complexity index is 306. The second-order valence-electron chi connectivity index (χ2n) is 4.90. The number of hydrogen-bond acceptors (Lipinski definition) is 1. The van der Waals surface area contributed by atoms with Crippen LogP contribution in [-0.2, 0) is 6.42 Å². The van der Waals surface area contributed by atoms with Gasteiger partial charge in [0.15, 0.2) is 0 Å². The lowest BCUT2D eigenvalue weighted by atomic mass is 10.1. The molecule has 0 aromatic heterocycles. The zero-order valence-corrected chi connectivity index (χ0v) is 12.0. The lowest BCUT2D eigenvalue weighted by Gasteiger charge is -2.28. The maximum atomic E-state index is 3.58. The highest BCUT2D eigenvalue weighted by Crippen LogP contribution is 2.23. The van der Waals surface area contributed by atoms with E-state index in [4.69, 9.17) is 0 Å². The lowest BCUT2D eigenvalue weighted by Crippen LogP contribution is -2.36. The molecule has 2 rings (SSSR count). The quantitative estimate of drug-likeness (QED) is 0.720. The van der Waals surface area contributed by atoms with Gasteiger partial charge in [-0.3, -0.25) is 4.90 Å². The summed E-state index contributed by atoms with van der Waals surface area (Å²) < 4.78 is 0. The third-order valence-corrected chi connectivity index (χ3v) is 4.10. The molecule has 0 spiro atoms. The highest BCUT2D eigenvalue weighted by Gasteiger charge is 2.21. The molecule has 0 radical (unpaired) electrons. The number of hydrogen-bond donors (Lipinski definition) is 0. The van der Waals surface area contributed by atoms with Crippen LogP contribution < -0.4 is 0 Å². The van der Waals surface area contributed by atoms with Crippen LogP contribution in [0, 0.1) is 0 Å². The Balaban J connectivity index is 1.84. The lowest BCUT2D eigenvalue weighted by molar-refractivity contribution is 0.214. The van der Waals surface area contributed by atoms with Crippen LogP contribution in [-0.4, -0.2) is 29.4 Å². The van der Waals surface area contributed by atoms with E-state index >= 15 is 0 Å². The fourth-order valence-corrected chi connectivity index (χ4v) is 3.23. The molecule has 0 aliphatic heterocycles. The Hall–Kier alpha value is -0.340. The standard InChI is InChI=1S/C15H22BrN/c16-11-13-17(15-8-4-5-9-15)12-10-14-6-2-1-3-7-14/h1-3,6-7,15H,4-5,8-13H2. The fourth-order valence-electron chi connectivity index (χ4n) is 2.77. The van der Waals surface area contributed by atoms with Gasteiger partial charge in [0.25, 0.3) is 0 Å².